The Morgan fingerprint density at radius 1 is 1.27 bits per heavy atom. The Kier molecular flexibility index (Phi) is 5.54. The number of hydrogen-bond acceptors (Lipinski definition) is 5. The molecule has 0 bridgehead atoms. The SMILES string of the molecule is CC(C)Oc1ccc(CNc2cc(-c3ccccc3F)nc3c(Br)cnn23)c[n+]1[O-]. The largest absolute Gasteiger partial charge is 0.616 e. The quantitative estimate of drug-likeness (QED) is 0.334. The number of halogens is 2. The Bertz CT molecular complexity index is 1210. The number of nitrogens with zero attached hydrogens (tertiary/aromatic N) is 4. The van der Waals surface area contributed by atoms with E-state index in [9.17, 15) is 9.60 Å². The lowest BCUT2D eigenvalue weighted by molar-refractivity contribution is -0.614. The summed E-state index contributed by atoms with van der Waals surface area (Å²) in [5.41, 5.74) is 2.18. The second kappa shape index (κ2) is 8.27. The second-order valence-electron chi connectivity index (χ2n) is 6.96. The lowest BCUT2D eigenvalue weighted by Crippen LogP contribution is -2.31. The van der Waals surface area contributed by atoms with E-state index in [4.69, 9.17) is 4.74 Å². The molecule has 30 heavy (non-hydrogen) atoms. The molecule has 0 aliphatic rings. The molecule has 0 aliphatic heterocycles. The van der Waals surface area contributed by atoms with E-state index in [1.165, 1.54) is 12.3 Å². The number of ether oxygens (including phenoxy) is 1. The van der Waals surface area contributed by atoms with E-state index in [0.29, 0.717) is 38.5 Å². The first-order valence-electron chi connectivity index (χ1n) is 9.34. The predicted octanol–water partition coefficient (Wildman–Crippen LogP) is 4.33. The molecule has 0 saturated heterocycles. The highest BCUT2D eigenvalue weighted by atomic mass is 79.9. The highest BCUT2D eigenvalue weighted by molar-refractivity contribution is 9.10. The topological polar surface area (TPSA) is 78.4 Å². The monoisotopic (exact) mass is 471 g/mol. The van der Waals surface area contributed by atoms with Crippen molar-refractivity contribution in [2.45, 2.75) is 26.5 Å². The average Bonchev–Trinajstić information content (AvgIpc) is 3.09. The van der Waals surface area contributed by atoms with Crippen molar-refractivity contribution in [3.63, 3.8) is 0 Å². The van der Waals surface area contributed by atoms with Crippen molar-refractivity contribution in [3.8, 4) is 17.1 Å². The number of rotatable bonds is 6. The summed E-state index contributed by atoms with van der Waals surface area (Å²) in [5.74, 6) is 0.505. The molecule has 7 nitrogen and oxygen atoms in total. The number of anilines is 1. The van der Waals surface area contributed by atoms with Gasteiger partial charge in [0.15, 0.2) is 11.8 Å². The molecule has 0 spiro atoms. The number of hydrogen-bond donors (Lipinski definition) is 1. The fraction of sp³-hybridized carbons (Fsp3) is 0.190. The maximum absolute atomic E-state index is 14.3. The van der Waals surface area contributed by atoms with Gasteiger partial charge in [0.1, 0.15) is 11.6 Å². The zero-order valence-electron chi connectivity index (χ0n) is 16.3. The maximum Gasteiger partial charge on any atom is 0.379 e. The van der Waals surface area contributed by atoms with E-state index < -0.39 is 0 Å². The standard InChI is InChI=1S/C21H19BrFN5O2/c1-13(2)30-20-8-7-14(12-27(20)29)10-24-19-9-18(15-5-3-4-6-17(15)23)26-21-16(22)11-25-28(19)21/h3-9,11-13,24H,10H2,1-2H3. The molecular formula is C21H19BrFN5O2. The molecule has 0 amide bonds. The van der Waals surface area contributed by atoms with Gasteiger partial charge >= 0.3 is 5.88 Å². The fourth-order valence-electron chi connectivity index (χ4n) is 3.01. The molecule has 0 unspecified atom stereocenters. The zero-order valence-corrected chi connectivity index (χ0v) is 17.9. The Labute approximate surface area is 180 Å². The van der Waals surface area contributed by atoms with E-state index in [2.05, 4.69) is 31.3 Å². The van der Waals surface area contributed by atoms with Crippen LogP contribution in [0, 0.1) is 11.0 Å². The summed E-state index contributed by atoms with van der Waals surface area (Å²) in [4.78, 5) is 4.54. The van der Waals surface area contributed by atoms with Crippen LogP contribution >= 0.6 is 15.9 Å². The third kappa shape index (κ3) is 4.06. The number of aromatic nitrogens is 4. The van der Waals surface area contributed by atoms with Gasteiger partial charge in [0, 0.05) is 23.7 Å². The van der Waals surface area contributed by atoms with Crippen LogP contribution in [0.15, 0.2) is 59.3 Å². The van der Waals surface area contributed by atoms with Crippen LogP contribution in [0.3, 0.4) is 0 Å². The first-order chi connectivity index (χ1) is 14.4. The highest BCUT2D eigenvalue weighted by Crippen LogP contribution is 2.27. The summed E-state index contributed by atoms with van der Waals surface area (Å²) in [5, 5.41) is 19.7. The molecule has 0 saturated carbocycles. The van der Waals surface area contributed by atoms with Crippen LogP contribution in [0.25, 0.3) is 16.9 Å². The average molecular weight is 472 g/mol. The fourth-order valence-corrected chi connectivity index (χ4v) is 3.36. The summed E-state index contributed by atoms with van der Waals surface area (Å²) in [6, 6.07) is 11.7. The Morgan fingerprint density at radius 3 is 2.80 bits per heavy atom. The third-order valence-electron chi connectivity index (χ3n) is 4.35. The number of pyridine rings is 1. The van der Waals surface area contributed by atoms with Crippen LogP contribution in [-0.4, -0.2) is 20.7 Å². The van der Waals surface area contributed by atoms with Gasteiger partial charge in [-0.25, -0.2) is 9.37 Å². The second-order valence-corrected chi connectivity index (χ2v) is 7.81. The van der Waals surface area contributed by atoms with Crippen molar-refractivity contribution >= 4 is 27.4 Å². The van der Waals surface area contributed by atoms with E-state index in [0.717, 1.165) is 5.56 Å². The molecule has 1 N–H and O–H groups in total. The maximum atomic E-state index is 14.3. The predicted molar refractivity (Wildman–Crippen MR) is 115 cm³/mol. The molecule has 0 fully saturated rings. The summed E-state index contributed by atoms with van der Waals surface area (Å²) in [7, 11) is 0. The normalized spacial score (nSPS) is 11.2. The molecule has 1 aromatic carbocycles. The Balaban J connectivity index is 1.66. The minimum atomic E-state index is -0.357. The third-order valence-corrected chi connectivity index (χ3v) is 4.91. The smallest absolute Gasteiger partial charge is 0.379 e. The van der Waals surface area contributed by atoms with Crippen molar-refractivity contribution in [1.82, 2.24) is 14.6 Å². The van der Waals surface area contributed by atoms with E-state index in [1.807, 2.05) is 19.9 Å². The van der Waals surface area contributed by atoms with Crippen molar-refractivity contribution in [3.05, 3.63) is 75.9 Å². The van der Waals surface area contributed by atoms with Gasteiger partial charge in [-0.3, -0.25) is 0 Å². The van der Waals surface area contributed by atoms with Gasteiger partial charge in [-0.05, 0) is 48.0 Å². The molecular weight excluding hydrogens is 453 g/mol. The summed E-state index contributed by atoms with van der Waals surface area (Å²) in [6.45, 7) is 4.08. The first kappa shape index (κ1) is 20.1. The van der Waals surface area contributed by atoms with Gasteiger partial charge in [-0.1, -0.05) is 12.1 Å². The van der Waals surface area contributed by atoms with Gasteiger partial charge < -0.3 is 15.3 Å². The lowest BCUT2D eigenvalue weighted by atomic mass is 10.1. The molecule has 9 heteroatoms. The van der Waals surface area contributed by atoms with Crippen LogP contribution in [0.1, 0.15) is 19.4 Å². The summed E-state index contributed by atoms with van der Waals surface area (Å²) in [6.07, 6.45) is 3.00. The van der Waals surface area contributed by atoms with Gasteiger partial charge in [0.25, 0.3) is 0 Å². The van der Waals surface area contributed by atoms with E-state index in [-0.39, 0.29) is 17.8 Å². The molecule has 154 valence electrons. The van der Waals surface area contributed by atoms with Crippen LogP contribution in [0.4, 0.5) is 10.2 Å². The number of fused-ring (bicyclic) bond motifs is 1. The van der Waals surface area contributed by atoms with Crippen LogP contribution in [0.5, 0.6) is 5.88 Å². The molecule has 0 radical (unpaired) electrons. The van der Waals surface area contributed by atoms with E-state index in [1.54, 1.807) is 41.0 Å². The zero-order chi connectivity index (χ0) is 21.3. The molecule has 4 aromatic rings. The minimum absolute atomic E-state index is 0.0886. The van der Waals surface area contributed by atoms with Crippen molar-refractivity contribution in [1.29, 1.82) is 0 Å². The van der Waals surface area contributed by atoms with Crippen LogP contribution < -0.4 is 14.8 Å². The van der Waals surface area contributed by atoms with Crippen LogP contribution in [-0.2, 0) is 6.54 Å². The molecule has 0 atom stereocenters. The van der Waals surface area contributed by atoms with Crippen LogP contribution in [0.2, 0.25) is 0 Å². The number of benzene rings is 1. The van der Waals surface area contributed by atoms with Gasteiger partial charge in [-0.15, -0.1) is 4.73 Å². The van der Waals surface area contributed by atoms with Crippen molar-refractivity contribution in [2.75, 3.05) is 5.32 Å². The van der Waals surface area contributed by atoms with Crippen molar-refractivity contribution < 1.29 is 13.9 Å². The van der Waals surface area contributed by atoms with Gasteiger partial charge in [0.2, 0.25) is 0 Å². The molecule has 4 rings (SSSR count). The lowest BCUT2D eigenvalue weighted by Gasteiger charge is -2.12. The minimum Gasteiger partial charge on any atom is -0.616 e. The molecule has 3 heterocycles. The first-order valence-corrected chi connectivity index (χ1v) is 10.1. The summed E-state index contributed by atoms with van der Waals surface area (Å²) < 4.78 is 22.8. The Hall–Kier alpha value is -3.20. The van der Waals surface area contributed by atoms with E-state index >= 15 is 0 Å². The summed E-state index contributed by atoms with van der Waals surface area (Å²) >= 11 is 3.43. The highest BCUT2D eigenvalue weighted by Gasteiger charge is 2.15. The van der Waals surface area contributed by atoms with Crippen molar-refractivity contribution in [2.24, 2.45) is 0 Å². The molecule has 0 aliphatic carbocycles. The molecule has 3 aromatic heterocycles. The van der Waals surface area contributed by atoms with Gasteiger partial charge in [-0.2, -0.15) is 9.61 Å². The number of nitrogens with one attached hydrogen (secondary N) is 1. The van der Waals surface area contributed by atoms with Gasteiger partial charge in [0.05, 0.1) is 28.5 Å². The Morgan fingerprint density at radius 2 is 2.07 bits per heavy atom.